The molecule has 4 bridgehead atoms. The van der Waals surface area contributed by atoms with E-state index in [1.54, 1.807) is 17.8 Å². The SMILES string of the molecule is Clc1csc(CNC2C3CC4CC(C3)CC2C4)c1. The molecule has 0 saturated heterocycles. The third-order valence-corrected chi connectivity index (χ3v) is 6.64. The predicted octanol–water partition coefficient (Wildman–Crippen LogP) is 4.32. The molecule has 0 unspecified atom stereocenters. The summed E-state index contributed by atoms with van der Waals surface area (Å²) in [6.45, 7) is 1.02. The summed E-state index contributed by atoms with van der Waals surface area (Å²) in [6, 6.07) is 2.90. The average molecular weight is 282 g/mol. The fourth-order valence-electron chi connectivity index (χ4n) is 4.92. The van der Waals surface area contributed by atoms with Gasteiger partial charge in [-0.05, 0) is 61.8 Å². The summed E-state index contributed by atoms with van der Waals surface area (Å²) < 4.78 is 0. The maximum absolute atomic E-state index is 5.99. The van der Waals surface area contributed by atoms with Crippen LogP contribution in [0, 0.1) is 23.7 Å². The lowest BCUT2D eigenvalue weighted by Gasteiger charge is -2.54. The molecule has 0 radical (unpaired) electrons. The van der Waals surface area contributed by atoms with Crippen molar-refractivity contribution >= 4 is 22.9 Å². The molecule has 4 aliphatic carbocycles. The number of rotatable bonds is 3. The molecule has 98 valence electrons. The van der Waals surface area contributed by atoms with Crippen LogP contribution in [0.2, 0.25) is 5.02 Å². The van der Waals surface area contributed by atoms with E-state index in [0.717, 1.165) is 41.3 Å². The first-order chi connectivity index (χ1) is 8.78. The highest BCUT2D eigenvalue weighted by atomic mass is 35.5. The lowest BCUT2D eigenvalue weighted by molar-refractivity contribution is -0.0141. The molecular weight excluding hydrogens is 262 g/mol. The molecular formula is C15H20ClNS. The Balaban J connectivity index is 1.43. The van der Waals surface area contributed by atoms with Crippen molar-refractivity contribution in [3.8, 4) is 0 Å². The number of hydrogen-bond acceptors (Lipinski definition) is 2. The number of halogens is 1. The normalized spacial score (nSPS) is 41.5. The molecule has 0 spiro atoms. The van der Waals surface area contributed by atoms with Gasteiger partial charge in [-0.15, -0.1) is 11.3 Å². The van der Waals surface area contributed by atoms with Crippen LogP contribution in [0.5, 0.6) is 0 Å². The van der Waals surface area contributed by atoms with Crippen molar-refractivity contribution in [2.45, 2.75) is 44.7 Å². The van der Waals surface area contributed by atoms with Crippen molar-refractivity contribution in [2.75, 3.05) is 0 Å². The Labute approximate surface area is 118 Å². The van der Waals surface area contributed by atoms with E-state index in [9.17, 15) is 0 Å². The summed E-state index contributed by atoms with van der Waals surface area (Å²) >= 11 is 7.77. The van der Waals surface area contributed by atoms with Gasteiger partial charge < -0.3 is 5.32 Å². The summed E-state index contributed by atoms with van der Waals surface area (Å²) in [4.78, 5) is 1.38. The molecule has 0 aliphatic heterocycles. The molecule has 1 aromatic rings. The number of nitrogens with one attached hydrogen (secondary N) is 1. The minimum Gasteiger partial charge on any atom is -0.309 e. The van der Waals surface area contributed by atoms with Gasteiger partial charge in [-0.1, -0.05) is 11.6 Å². The third-order valence-electron chi connectivity index (χ3n) is 5.36. The van der Waals surface area contributed by atoms with Gasteiger partial charge in [0.2, 0.25) is 0 Å². The summed E-state index contributed by atoms with van der Waals surface area (Å²) in [5, 5.41) is 6.77. The van der Waals surface area contributed by atoms with Gasteiger partial charge in [0.15, 0.2) is 0 Å². The van der Waals surface area contributed by atoms with Crippen LogP contribution in [0.25, 0.3) is 0 Å². The predicted molar refractivity (Wildman–Crippen MR) is 77.0 cm³/mol. The van der Waals surface area contributed by atoms with E-state index >= 15 is 0 Å². The van der Waals surface area contributed by atoms with Crippen LogP contribution in [0.4, 0.5) is 0 Å². The van der Waals surface area contributed by atoms with Crippen molar-refractivity contribution in [2.24, 2.45) is 23.7 Å². The van der Waals surface area contributed by atoms with Gasteiger partial charge in [-0.3, -0.25) is 0 Å². The van der Waals surface area contributed by atoms with Crippen molar-refractivity contribution in [1.82, 2.24) is 5.32 Å². The fourth-order valence-corrected chi connectivity index (χ4v) is 5.95. The smallest absolute Gasteiger partial charge is 0.0516 e. The maximum atomic E-state index is 5.99. The molecule has 0 atom stereocenters. The van der Waals surface area contributed by atoms with Crippen molar-refractivity contribution in [3.05, 3.63) is 21.3 Å². The zero-order valence-corrected chi connectivity index (χ0v) is 12.1. The molecule has 5 rings (SSSR count). The molecule has 1 nitrogen and oxygen atoms in total. The summed E-state index contributed by atoms with van der Waals surface area (Å²) in [7, 11) is 0. The van der Waals surface area contributed by atoms with Crippen LogP contribution in [0.15, 0.2) is 11.4 Å². The number of hydrogen-bond donors (Lipinski definition) is 1. The molecule has 3 heteroatoms. The van der Waals surface area contributed by atoms with Gasteiger partial charge >= 0.3 is 0 Å². The lowest BCUT2D eigenvalue weighted by Crippen LogP contribution is -2.54. The quantitative estimate of drug-likeness (QED) is 0.870. The zero-order valence-electron chi connectivity index (χ0n) is 10.6. The second-order valence-corrected chi connectivity index (χ2v) is 8.00. The third kappa shape index (κ3) is 2.03. The van der Waals surface area contributed by atoms with E-state index in [1.807, 2.05) is 5.38 Å². The highest BCUT2D eigenvalue weighted by molar-refractivity contribution is 7.10. The van der Waals surface area contributed by atoms with Crippen LogP contribution >= 0.6 is 22.9 Å². The van der Waals surface area contributed by atoms with Gasteiger partial charge in [0.05, 0.1) is 5.02 Å². The van der Waals surface area contributed by atoms with Gasteiger partial charge in [-0.2, -0.15) is 0 Å². The molecule has 4 fully saturated rings. The second-order valence-electron chi connectivity index (χ2n) is 6.57. The summed E-state index contributed by atoms with van der Waals surface area (Å²) in [5.41, 5.74) is 0. The Hall–Kier alpha value is -0.0500. The molecule has 0 aromatic carbocycles. The standard InChI is InChI=1S/C15H20ClNS/c16-13-6-14(18-8-13)7-17-15-11-2-9-1-10(4-11)5-12(15)3-9/h6,8-12,15,17H,1-5,7H2. The first-order valence-electron chi connectivity index (χ1n) is 7.24. The van der Waals surface area contributed by atoms with E-state index in [-0.39, 0.29) is 0 Å². The van der Waals surface area contributed by atoms with Gasteiger partial charge in [0.25, 0.3) is 0 Å². The molecule has 1 aromatic heterocycles. The highest BCUT2D eigenvalue weighted by Gasteiger charge is 2.47. The van der Waals surface area contributed by atoms with Crippen LogP contribution in [-0.2, 0) is 6.54 Å². The van der Waals surface area contributed by atoms with Gasteiger partial charge in [0, 0.05) is 22.8 Å². The van der Waals surface area contributed by atoms with E-state index in [2.05, 4.69) is 11.4 Å². The highest BCUT2D eigenvalue weighted by Crippen LogP contribution is 2.53. The monoisotopic (exact) mass is 281 g/mol. The molecule has 18 heavy (non-hydrogen) atoms. The first kappa shape index (κ1) is 11.7. The first-order valence-corrected chi connectivity index (χ1v) is 8.50. The topological polar surface area (TPSA) is 12.0 Å². The Morgan fingerprint density at radius 2 is 1.78 bits per heavy atom. The fraction of sp³-hybridized carbons (Fsp3) is 0.733. The minimum absolute atomic E-state index is 0.790. The number of thiophene rings is 1. The van der Waals surface area contributed by atoms with E-state index in [0.29, 0.717) is 0 Å². The zero-order chi connectivity index (χ0) is 12.1. The van der Waals surface area contributed by atoms with Crippen molar-refractivity contribution in [3.63, 3.8) is 0 Å². The van der Waals surface area contributed by atoms with Gasteiger partial charge in [-0.25, -0.2) is 0 Å². The van der Waals surface area contributed by atoms with E-state index in [1.165, 1.54) is 30.6 Å². The van der Waals surface area contributed by atoms with Gasteiger partial charge in [0.1, 0.15) is 0 Å². The van der Waals surface area contributed by atoms with E-state index in [4.69, 9.17) is 11.6 Å². The summed E-state index contributed by atoms with van der Waals surface area (Å²) in [5.74, 6) is 4.08. The second kappa shape index (κ2) is 4.50. The van der Waals surface area contributed by atoms with Crippen LogP contribution in [0.1, 0.15) is 37.0 Å². The van der Waals surface area contributed by atoms with Crippen LogP contribution < -0.4 is 5.32 Å². The summed E-state index contributed by atoms with van der Waals surface area (Å²) in [6.07, 6.45) is 7.53. The van der Waals surface area contributed by atoms with Crippen molar-refractivity contribution < 1.29 is 0 Å². The molecule has 4 saturated carbocycles. The average Bonchev–Trinajstić information content (AvgIpc) is 2.73. The van der Waals surface area contributed by atoms with Crippen LogP contribution in [0.3, 0.4) is 0 Å². The van der Waals surface area contributed by atoms with Crippen LogP contribution in [-0.4, -0.2) is 6.04 Å². The largest absolute Gasteiger partial charge is 0.309 e. The Kier molecular flexibility index (Phi) is 2.94. The Bertz CT molecular complexity index is 413. The lowest BCUT2D eigenvalue weighted by atomic mass is 9.54. The molecule has 0 amide bonds. The molecule has 1 N–H and O–H groups in total. The molecule has 1 heterocycles. The maximum Gasteiger partial charge on any atom is 0.0516 e. The minimum atomic E-state index is 0.790. The molecule has 4 aliphatic rings. The van der Waals surface area contributed by atoms with E-state index < -0.39 is 0 Å². The van der Waals surface area contributed by atoms with Crippen molar-refractivity contribution in [1.29, 1.82) is 0 Å². The Morgan fingerprint density at radius 1 is 1.11 bits per heavy atom. The Morgan fingerprint density at radius 3 is 2.33 bits per heavy atom.